The molecule has 22 heavy (non-hydrogen) atoms. The summed E-state index contributed by atoms with van der Waals surface area (Å²) in [6, 6.07) is 5.64. The Hall–Kier alpha value is -2.18. The van der Waals surface area contributed by atoms with Crippen molar-refractivity contribution in [3.05, 3.63) is 35.7 Å². The number of ether oxygens (including phenoxy) is 2. The van der Waals surface area contributed by atoms with Gasteiger partial charge in [0.15, 0.2) is 0 Å². The van der Waals surface area contributed by atoms with Crippen molar-refractivity contribution >= 4 is 11.4 Å². The molecule has 0 saturated carbocycles. The molecule has 1 saturated heterocycles. The van der Waals surface area contributed by atoms with Crippen molar-refractivity contribution in [2.45, 2.75) is 18.9 Å². The second-order valence-corrected chi connectivity index (χ2v) is 5.58. The Labute approximate surface area is 129 Å². The van der Waals surface area contributed by atoms with Crippen molar-refractivity contribution in [1.82, 2.24) is 9.97 Å². The predicted molar refractivity (Wildman–Crippen MR) is 85.2 cm³/mol. The normalized spacial score (nSPS) is 21.2. The molecule has 1 aliphatic rings. The Kier molecular flexibility index (Phi) is 3.72. The van der Waals surface area contributed by atoms with Gasteiger partial charge >= 0.3 is 0 Å². The first kappa shape index (κ1) is 14.7. The summed E-state index contributed by atoms with van der Waals surface area (Å²) in [6.07, 6.45) is 2.41. The number of nitrogens with two attached hydrogens (primary N) is 2. The van der Waals surface area contributed by atoms with Gasteiger partial charge in [0.05, 0.1) is 29.4 Å². The van der Waals surface area contributed by atoms with Crippen molar-refractivity contribution in [3.8, 4) is 11.4 Å². The minimum atomic E-state index is -0.504. The Balaban J connectivity index is 2.13. The van der Waals surface area contributed by atoms with Gasteiger partial charge in [-0.25, -0.2) is 4.98 Å². The summed E-state index contributed by atoms with van der Waals surface area (Å²) in [6.45, 7) is 3.17. The number of aryl methyl sites for hydroxylation is 1. The third-order valence-electron chi connectivity index (χ3n) is 4.08. The minimum absolute atomic E-state index is 0.445. The quantitative estimate of drug-likeness (QED) is 0.898. The van der Waals surface area contributed by atoms with Gasteiger partial charge in [-0.15, -0.1) is 0 Å². The summed E-state index contributed by atoms with van der Waals surface area (Å²) in [5, 5.41) is 0. The van der Waals surface area contributed by atoms with Crippen LogP contribution in [0.1, 0.15) is 17.7 Å². The second kappa shape index (κ2) is 5.55. The van der Waals surface area contributed by atoms with E-state index in [4.69, 9.17) is 25.9 Å². The lowest BCUT2D eigenvalue weighted by atomic mass is 9.96. The van der Waals surface area contributed by atoms with Gasteiger partial charge in [-0.3, -0.25) is 4.98 Å². The van der Waals surface area contributed by atoms with Crippen LogP contribution in [0.15, 0.2) is 24.4 Å². The molecule has 1 fully saturated rings. The zero-order valence-electron chi connectivity index (χ0n) is 12.8. The number of methoxy groups -OCH3 is 1. The Bertz CT molecular complexity index is 697. The average molecular weight is 300 g/mol. The number of pyridine rings is 2. The van der Waals surface area contributed by atoms with Crippen LogP contribution in [-0.2, 0) is 15.1 Å². The topological polar surface area (TPSA) is 96.3 Å². The van der Waals surface area contributed by atoms with Gasteiger partial charge in [0.25, 0.3) is 0 Å². The van der Waals surface area contributed by atoms with Gasteiger partial charge in [0.2, 0.25) is 0 Å². The van der Waals surface area contributed by atoms with Gasteiger partial charge in [-0.2, -0.15) is 0 Å². The van der Waals surface area contributed by atoms with Gasteiger partial charge in [0, 0.05) is 26.3 Å². The van der Waals surface area contributed by atoms with E-state index in [1.165, 1.54) is 0 Å². The Morgan fingerprint density at radius 1 is 1.32 bits per heavy atom. The van der Waals surface area contributed by atoms with Gasteiger partial charge in [-0.05, 0) is 30.7 Å². The molecule has 0 aliphatic carbocycles. The van der Waals surface area contributed by atoms with Crippen molar-refractivity contribution in [2.75, 3.05) is 31.8 Å². The van der Waals surface area contributed by atoms with Gasteiger partial charge in [0.1, 0.15) is 11.3 Å². The fourth-order valence-electron chi connectivity index (χ4n) is 2.73. The molecule has 3 rings (SSSR count). The van der Waals surface area contributed by atoms with Crippen LogP contribution in [0.3, 0.4) is 0 Å². The summed E-state index contributed by atoms with van der Waals surface area (Å²) in [5.74, 6) is 0. The number of hydrogen-bond donors (Lipinski definition) is 2. The first-order chi connectivity index (χ1) is 10.6. The third kappa shape index (κ3) is 2.40. The highest BCUT2D eigenvalue weighted by atomic mass is 16.5. The van der Waals surface area contributed by atoms with E-state index >= 15 is 0 Å². The van der Waals surface area contributed by atoms with Crippen molar-refractivity contribution < 1.29 is 9.47 Å². The Morgan fingerprint density at radius 3 is 2.82 bits per heavy atom. The third-order valence-corrected chi connectivity index (χ3v) is 4.08. The Morgan fingerprint density at radius 2 is 2.14 bits per heavy atom. The number of hydrogen-bond acceptors (Lipinski definition) is 6. The zero-order valence-corrected chi connectivity index (χ0v) is 12.8. The molecule has 1 atom stereocenters. The lowest BCUT2D eigenvalue weighted by Gasteiger charge is -2.26. The molecule has 2 aromatic rings. The van der Waals surface area contributed by atoms with E-state index in [2.05, 4.69) is 4.98 Å². The number of rotatable bonds is 3. The number of nitrogen functional groups attached to an aromatic ring is 2. The molecule has 1 aliphatic heterocycles. The molecule has 4 N–H and O–H groups in total. The number of aromatic nitrogens is 2. The lowest BCUT2D eigenvalue weighted by molar-refractivity contribution is -0.0245. The summed E-state index contributed by atoms with van der Waals surface area (Å²) < 4.78 is 11.2. The highest BCUT2D eigenvalue weighted by Gasteiger charge is 2.38. The first-order valence-corrected chi connectivity index (χ1v) is 7.18. The van der Waals surface area contributed by atoms with Crippen molar-refractivity contribution in [1.29, 1.82) is 0 Å². The van der Waals surface area contributed by atoms with Crippen LogP contribution in [0.5, 0.6) is 0 Å². The molecule has 116 valence electrons. The van der Waals surface area contributed by atoms with Crippen LogP contribution in [0.25, 0.3) is 11.4 Å². The number of anilines is 2. The van der Waals surface area contributed by atoms with Gasteiger partial charge < -0.3 is 20.9 Å². The van der Waals surface area contributed by atoms with Crippen LogP contribution in [-0.4, -0.2) is 30.3 Å². The maximum absolute atomic E-state index is 6.05. The van der Waals surface area contributed by atoms with Crippen LogP contribution in [0.4, 0.5) is 11.4 Å². The predicted octanol–water partition coefficient (Wildman–Crippen LogP) is 1.88. The maximum Gasteiger partial charge on any atom is 0.135 e. The van der Waals surface area contributed by atoms with E-state index in [1.54, 1.807) is 19.4 Å². The SMILES string of the molecule is COC1(c2cc(C)cc(-c3nccc(N)c3N)n2)CCOC1. The molecule has 6 heteroatoms. The van der Waals surface area contributed by atoms with Crippen LogP contribution in [0, 0.1) is 6.92 Å². The first-order valence-electron chi connectivity index (χ1n) is 7.18. The highest BCUT2D eigenvalue weighted by Crippen LogP contribution is 2.35. The molecule has 3 heterocycles. The summed E-state index contributed by atoms with van der Waals surface area (Å²) in [4.78, 5) is 9.05. The molecule has 6 nitrogen and oxygen atoms in total. The van der Waals surface area contributed by atoms with Crippen molar-refractivity contribution in [2.24, 2.45) is 0 Å². The smallest absolute Gasteiger partial charge is 0.135 e. The van der Waals surface area contributed by atoms with E-state index in [-0.39, 0.29) is 0 Å². The maximum atomic E-state index is 6.05. The zero-order chi connectivity index (χ0) is 15.7. The van der Waals surface area contributed by atoms with E-state index in [0.717, 1.165) is 17.7 Å². The van der Waals surface area contributed by atoms with Crippen LogP contribution in [0.2, 0.25) is 0 Å². The van der Waals surface area contributed by atoms with Crippen LogP contribution < -0.4 is 11.5 Å². The van der Waals surface area contributed by atoms with Crippen molar-refractivity contribution in [3.63, 3.8) is 0 Å². The van der Waals surface area contributed by atoms with Gasteiger partial charge in [-0.1, -0.05) is 0 Å². The second-order valence-electron chi connectivity index (χ2n) is 5.58. The van der Waals surface area contributed by atoms with E-state index in [1.807, 2.05) is 19.1 Å². The summed E-state index contributed by atoms with van der Waals surface area (Å²) in [7, 11) is 1.69. The monoisotopic (exact) mass is 300 g/mol. The summed E-state index contributed by atoms with van der Waals surface area (Å²) >= 11 is 0. The molecule has 0 spiro atoms. The van der Waals surface area contributed by atoms with E-state index in [9.17, 15) is 0 Å². The molecule has 0 amide bonds. The molecule has 0 bridgehead atoms. The standard InChI is InChI=1S/C16H20N4O2/c1-10-7-12(15-14(18)11(17)3-5-19-15)20-13(8-10)16(21-2)4-6-22-9-16/h3,5,7-8H,4,6,9,18H2,1-2H3,(H2,17,19). The average Bonchev–Trinajstić information content (AvgIpc) is 2.99. The molecule has 2 aromatic heterocycles. The fourth-order valence-corrected chi connectivity index (χ4v) is 2.73. The van der Waals surface area contributed by atoms with E-state index in [0.29, 0.717) is 36.0 Å². The molecular formula is C16H20N4O2. The minimum Gasteiger partial charge on any atom is -0.397 e. The molecule has 0 aromatic carbocycles. The lowest BCUT2D eigenvalue weighted by Crippen LogP contribution is -2.30. The molecular weight excluding hydrogens is 280 g/mol. The van der Waals surface area contributed by atoms with E-state index < -0.39 is 5.60 Å². The van der Waals surface area contributed by atoms with Crippen LogP contribution >= 0.6 is 0 Å². The molecule has 1 unspecified atom stereocenters. The number of nitrogens with zero attached hydrogens (tertiary/aromatic N) is 2. The molecule has 0 radical (unpaired) electrons. The highest BCUT2D eigenvalue weighted by molar-refractivity contribution is 5.79. The largest absolute Gasteiger partial charge is 0.397 e. The fraction of sp³-hybridized carbons (Fsp3) is 0.375. The summed E-state index contributed by atoms with van der Waals surface area (Å²) in [5.41, 5.74) is 15.6.